The van der Waals surface area contributed by atoms with Gasteiger partial charge in [-0.15, -0.1) is 0 Å². The zero-order valence-corrected chi connectivity index (χ0v) is 8.04. The Bertz CT molecular complexity index is 294. The van der Waals surface area contributed by atoms with Gasteiger partial charge in [0.25, 0.3) is 5.91 Å². The quantitative estimate of drug-likeness (QED) is 0.487. The van der Waals surface area contributed by atoms with E-state index in [1.165, 1.54) is 12.4 Å². The molecule has 0 aromatic carbocycles. The molecule has 5 nitrogen and oxygen atoms in total. The third kappa shape index (κ3) is 3.01. The molecule has 5 heteroatoms. The molecule has 0 bridgehead atoms. The number of hydrogen-bond acceptors (Lipinski definition) is 3. The Balaban J connectivity index is 2.39. The Morgan fingerprint density at radius 1 is 1.71 bits per heavy atom. The predicted octanol–water partition coefficient (Wildman–Crippen LogP) is -0.0553. The van der Waals surface area contributed by atoms with Crippen LogP contribution in [-0.4, -0.2) is 24.7 Å². The van der Waals surface area contributed by atoms with Gasteiger partial charge in [-0.25, -0.2) is 4.99 Å². The van der Waals surface area contributed by atoms with Gasteiger partial charge in [0.2, 0.25) is 5.91 Å². The minimum Gasteiger partial charge on any atom is -0.352 e. The van der Waals surface area contributed by atoms with Gasteiger partial charge in [0.05, 0.1) is 6.34 Å². The molecule has 2 amide bonds. The lowest BCUT2D eigenvalue weighted by Gasteiger charge is -1.99. The maximum absolute atomic E-state index is 11.2. The van der Waals surface area contributed by atoms with E-state index in [0.717, 1.165) is 12.8 Å². The number of hydrogen-bond donors (Lipinski definition) is 2. The van der Waals surface area contributed by atoms with Crippen LogP contribution in [0.25, 0.3) is 0 Å². The molecule has 0 aromatic heterocycles. The summed E-state index contributed by atoms with van der Waals surface area (Å²) < 4.78 is 0. The van der Waals surface area contributed by atoms with Crippen LogP contribution in [0.2, 0.25) is 0 Å². The normalized spacial score (nSPS) is 17.2. The van der Waals surface area contributed by atoms with Gasteiger partial charge in [-0.3, -0.25) is 9.59 Å². The van der Waals surface area contributed by atoms with Crippen LogP contribution < -0.4 is 10.6 Å². The molecule has 0 saturated carbocycles. The molecule has 14 heavy (non-hydrogen) atoms. The Labute approximate surface area is 82.3 Å². The van der Waals surface area contributed by atoms with E-state index in [4.69, 9.17) is 0 Å². The van der Waals surface area contributed by atoms with E-state index in [9.17, 15) is 9.59 Å². The second-order valence-electron chi connectivity index (χ2n) is 2.91. The smallest absolute Gasteiger partial charge is 0.275 e. The van der Waals surface area contributed by atoms with E-state index < -0.39 is 0 Å². The van der Waals surface area contributed by atoms with E-state index in [1.807, 2.05) is 6.92 Å². The van der Waals surface area contributed by atoms with Crippen LogP contribution >= 0.6 is 0 Å². The Morgan fingerprint density at radius 2 is 2.50 bits per heavy atom. The lowest BCUT2D eigenvalue weighted by molar-refractivity contribution is -0.118. The number of amides is 2. The van der Waals surface area contributed by atoms with Crippen molar-refractivity contribution in [3.05, 3.63) is 11.8 Å². The second kappa shape index (κ2) is 5.16. The van der Waals surface area contributed by atoms with Gasteiger partial charge in [-0.1, -0.05) is 13.3 Å². The van der Waals surface area contributed by atoms with E-state index in [1.54, 1.807) is 0 Å². The molecule has 0 atom stereocenters. The summed E-state index contributed by atoms with van der Waals surface area (Å²) in [5.74, 6) is -0.613. The van der Waals surface area contributed by atoms with Gasteiger partial charge in [-0.05, 0) is 6.42 Å². The number of unbranched alkanes of at least 4 members (excludes halogenated alkanes) is 1. The van der Waals surface area contributed by atoms with Crippen molar-refractivity contribution in [3.8, 4) is 0 Å². The first kappa shape index (κ1) is 10.4. The highest BCUT2D eigenvalue weighted by molar-refractivity contribution is 6.08. The molecule has 1 heterocycles. The molecule has 0 fully saturated rings. The van der Waals surface area contributed by atoms with Gasteiger partial charge in [0.1, 0.15) is 5.70 Å². The van der Waals surface area contributed by atoms with E-state index >= 15 is 0 Å². The predicted molar refractivity (Wildman–Crippen MR) is 52.6 cm³/mol. The van der Waals surface area contributed by atoms with Crippen molar-refractivity contribution in [2.45, 2.75) is 19.8 Å². The molecule has 0 spiro atoms. The van der Waals surface area contributed by atoms with Crippen LogP contribution in [0.1, 0.15) is 19.8 Å². The minimum atomic E-state index is -0.337. The van der Waals surface area contributed by atoms with Crippen molar-refractivity contribution in [1.82, 2.24) is 10.6 Å². The largest absolute Gasteiger partial charge is 0.352 e. The van der Waals surface area contributed by atoms with Crippen molar-refractivity contribution in [1.29, 1.82) is 0 Å². The monoisotopic (exact) mass is 195 g/mol. The average Bonchev–Trinajstić information content (AvgIpc) is 2.52. The maximum Gasteiger partial charge on any atom is 0.275 e. The van der Waals surface area contributed by atoms with Crippen molar-refractivity contribution in [2.75, 3.05) is 6.54 Å². The van der Waals surface area contributed by atoms with E-state index in [2.05, 4.69) is 15.6 Å². The third-order valence-electron chi connectivity index (χ3n) is 1.73. The number of carbonyl (C=O) groups excluding carboxylic acids is 2. The summed E-state index contributed by atoms with van der Waals surface area (Å²) in [5, 5.41) is 5.03. The first-order valence-corrected chi connectivity index (χ1v) is 4.57. The molecule has 1 rings (SSSR count). The fraction of sp³-hybridized carbons (Fsp3) is 0.444. The van der Waals surface area contributed by atoms with Crippen LogP contribution in [-0.2, 0) is 9.59 Å². The zero-order valence-electron chi connectivity index (χ0n) is 8.04. The summed E-state index contributed by atoms with van der Waals surface area (Å²) in [6.45, 7) is 2.67. The number of nitrogens with one attached hydrogen (secondary N) is 2. The molecule has 0 aromatic rings. The standard InChI is InChI=1S/C9H13N3O2/c1-2-3-4-10-8(13)5-7-9(14)12-6-11-7/h5-6H,2-4H2,1H3,(H,10,13)(H,11,12,14). The fourth-order valence-corrected chi connectivity index (χ4v) is 0.959. The molecular formula is C9H13N3O2. The summed E-state index contributed by atoms with van der Waals surface area (Å²) in [6.07, 6.45) is 4.43. The molecule has 1 aliphatic rings. The molecule has 0 aliphatic carbocycles. The summed E-state index contributed by atoms with van der Waals surface area (Å²) in [4.78, 5) is 25.8. The van der Waals surface area contributed by atoms with E-state index in [0.29, 0.717) is 6.54 Å². The van der Waals surface area contributed by atoms with Crippen molar-refractivity contribution < 1.29 is 9.59 Å². The van der Waals surface area contributed by atoms with Crippen LogP contribution in [0.5, 0.6) is 0 Å². The number of aliphatic imine (C=N–C) groups is 1. The summed E-state index contributed by atoms with van der Waals surface area (Å²) in [6, 6.07) is 0. The van der Waals surface area contributed by atoms with Gasteiger partial charge in [0.15, 0.2) is 0 Å². The summed E-state index contributed by atoms with van der Waals surface area (Å²) in [5.41, 5.74) is 0.152. The lowest BCUT2D eigenvalue weighted by Crippen LogP contribution is -2.23. The van der Waals surface area contributed by atoms with Crippen molar-refractivity contribution in [3.63, 3.8) is 0 Å². The molecule has 2 N–H and O–H groups in total. The van der Waals surface area contributed by atoms with Crippen LogP contribution in [0.15, 0.2) is 16.8 Å². The fourth-order valence-electron chi connectivity index (χ4n) is 0.959. The van der Waals surface area contributed by atoms with E-state index in [-0.39, 0.29) is 17.5 Å². The third-order valence-corrected chi connectivity index (χ3v) is 1.73. The maximum atomic E-state index is 11.2. The van der Waals surface area contributed by atoms with Gasteiger partial charge < -0.3 is 10.6 Å². The lowest BCUT2D eigenvalue weighted by atomic mass is 10.3. The summed E-state index contributed by atoms with van der Waals surface area (Å²) in [7, 11) is 0. The first-order valence-electron chi connectivity index (χ1n) is 4.57. The number of carbonyl (C=O) groups is 2. The topological polar surface area (TPSA) is 70.6 Å². The molecule has 76 valence electrons. The number of rotatable bonds is 4. The molecule has 1 aliphatic heterocycles. The van der Waals surface area contributed by atoms with Crippen molar-refractivity contribution >= 4 is 18.2 Å². The van der Waals surface area contributed by atoms with Crippen LogP contribution in [0, 0.1) is 0 Å². The second-order valence-corrected chi connectivity index (χ2v) is 2.91. The van der Waals surface area contributed by atoms with Crippen LogP contribution in [0.3, 0.4) is 0 Å². The minimum absolute atomic E-state index is 0.152. The molecule has 0 saturated heterocycles. The highest BCUT2D eigenvalue weighted by Crippen LogP contribution is 1.99. The molecule has 0 radical (unpaired) electrons. The first-order chi connectivity index (χ1) is 6.74. The number of nitrogens with zero attached hydrogens (tertiary/aromatic N) is 1. The molecular weight excluding hydrogens is 182 g/mol. The zero-order chi connectivity index (χ0) is 10.4. The van der Waals surface area contributed by atoms with Crippen molar-refractivity contribution in [2.24, 2.45) is 4.99 Å². The van der Waals surface area contributed by atoms with Gasteiger partial charge >= 0.3 is 0 Å². The highest BCUT2D eigenvalue weighted by Gasteiger charge is 2.13. The summed E-state index contributed by atoms with van der Waals surface area (Å²) >= 11 is 0. The van der Waals surface area contributed by atoms with Crippen LogP contribution in [0.4, 0.5) is 0 Å². The average molecular weight is 195 g/mol. The Morgan fingerprint density at radius 3 is 3.07 bits per heavy atom. The Hall–Kier alpha value is -1.65. The highest BCUT2D eigenvalue weighted by atomic mass is 16.2. The van der Waals surface area contributed by atoms with Gasteiger partial charge in [-0.2, -0.15) is 0 Å². The SMILES string of the molecule is CCCCNC(=O)C=C1N=CNC1=O. The van der Waals surface area contributed by atoms with Gasteiger partial charge in [0, 0.05) is 12.6 Å². The molecule has 0 unspecified atom stereocenters. The Kier molecular flexibility index (Phi) is 3.84.